The summed E-state index contributed by atoms with van der Waals surface area (Å²) in [6.45, 7) is 4.08. The quantitative estimate of drug-likeness (QED) is 0.691. The third-order valence-corrected chi connectivity index (χ3v) is 4.88. The highest BCUT2D eigenvalue weighted by molar-refractivity contribution is 5.91. The number of aromatic carboxylic acids is 1. The lowest BCUT2D eigenvalue weighted by molar-refractivity contribution is 0.0693. The predicted molar refractivity (Wildman–Crippen MR) is 103 cm³/mol. The Morgan fingerprint density at radius 3 is 1.85 bits per heavy atom. The molecule has 3 rings (SSSR count). The van der Waals surface area contributed by atoms with Gasteiger partial charge < -0.3 is 10.2 Å². The number of carboxylic acids is 1. The number of aromatic hydroxyl groups is 1. The molecule has 0 aliphatic rings. The van der Waals surface area contributed by atoms with Gasteiger partial charge in [-0.05, 0) is 54.2 Å². The molecule has 3 aromatic carbocycles. The van der Waals surface area contributed by atoms with E-state index in [1.807, 2.05) is 49.4 Å². The third kappa shape index (κ3) is 3.62. The number of carboxylic acid groups (broad SMARTS) is 1. The van der Waals surface area contributed by atoms with E-state index in [9.17, 15) is 15.0 Å². The summed E-state index contributed by atoms with van der Waals surface area (Å²) in [7, 11) is 0. The highest BCUT2D eigenvalue weighted by Gasteiger charge is 2.18. The van der Waals surface area contributed by atoms with E-state index < -0.39 is 5.97 Å². The molecule has 0 aliphatic carbocycles. The molecule has 2 N–H and O–H groups in total. The Kier molecular flexibility index (Phi) is 5.08. The van der Waals surface area contributed by atoms with Gasteiger partial charge in [-0.1, -0.05) is 54.6 Å². The lowest BCUT2D eigenvalue weighted by atomic mass is 9.90. The molecular weight excluding hydrogens is 324 g/mol. The maximum atomic E-state index is 11.5. The highest BCUT2D eigenvalue weighted by atomic mass is 16.4. The van der Waals surface area contributed by atoms with Gasteiger partial charge in [0.1, 0.15) is 11.3 Å². The average molecular weight is 346 g/mol. The first kappa shape index (κ1) is 17.7. The summed E-state index contributed by atoms with van der Waals surface area (Å²) in [6.07, 6.45) is 1.15. The Morgan fingerprint density at radius 1 is 0.769 bits per heavy atom. The number of carbonyl (C=O) groups is 1. The summed E-state index contributed by atoms with van der Waals surface area (Å²) in [5.41, 5.74) is 6.12. The van der Waals surface area contributed by atoms with E-state index in [1.54, 1.807) is 0 Å². The first-order valence-corrected chi connectivity index (χ1v) is 8.63. The summed E-state index contributed by atoms with van der Waals surface area (Å²) in [5.74, 6) is -1.25. The number of phenols is 1. The minimum atomic E-state index is -1.11. The number of aryl methyl sites for hydroxylation is 2. The second-order valence-electron chi connectivity index (χ2n) is 6.61. The average Bonchev–Trinajstić information content (AvgIpc) is 2.61. The molecule has 0 amide bonds. The molecule has 0 aromatic heterocycles. The van der Waals surface area contributed by atoms with Crippen molar-refractivity contribution in [3.05, 3.63) is 99.6 Å². The lowest BCUT2D eigenvalue weighted by Gasteiger charge is -2.16. The number of hydrogen-bond donors (Lipinski definition) is 2. The van der Waals surface area contributed by atoms with Crippen LogP contribution in [0, 0.1) is 13.8 Å². The van der Waals surface area contributed by atoms with Crippen molar-refractivity contribution in [1.82, 2.24) is 0 Å². The number of rotatable bonds is 5. The van der Waals surface area contributed by atoms with Crippen LogP contribution in [0.3, 0.4) is 0 Å². The zero-order valence-corrected chi connectivity index (χ0v) is 15.0. The van der Waals surface area contributed by atoms with Gasteiger partial charge in [0, 0.05) is 12.0 Å². The van der Waals surface area contributed by atoms with E-state index in [1.165, 1.54) is 17.2 Å². The molecule has 0 fully saturated rings. The largest absolute Gasteiger partial charge is 0.507 e. The van der Waals surface area contributed by atoms with Gasteiger partial charge in [-0.3, -0.25) is 0 Å². The van der Waals surface area contributed by atoms with Gasteiger partial charge in [0.05, 0.1) is 0 Å². The molecule has 0 aliphatic heterocycles. The SMILES string of the molecule is Cc1ccccc1Cc1ccc(C(=O)O)c(O)c1Cc1ccccc1C. The minimum Gasteiger partial charge on any atom is -0.507 e. The fourth-order valence-corrected chi connectivity index (χ4v) is 3.23. The van der Waals surface area contributed by atoms with E-state index in [4.69, 9.17) is 0 Å². The van der Waals surface area contributed by atoms with Crippen LogP contribution in [0.15, 0.2) is 60.7 Å². The van der Waals surface area contributed by atoms with Crippen LogP contribution in [0.25, 0.3) is 0 Å². The van der Waals surface area contributed by atoms with E-state index in [0.717, 1.165) is 16.7 Å². The van der Waals surface area contributed by atoms with Crippen LogP contribution in [-0.2, 0) is 12.8 Å². The summed E-state index contributed by atoms with van der Waals surface area (Å²) >= 11 is 0. The van der Waals surface area contributed by atoms with Crippen LogP contribution >= 0.6 is 0 Å². The Labute approximate surface area is 153 Å². The van der Waals surface area contributed by atoms with Crippen molar-refractivity contribution in [3.8, 4) is 5.75 Å². The Balaban J connectivity index is 2.09. The minimum absolute atomic E-state index is 0.0536. The van der Waals surface area contributed by atoms with Gasteiger partial charge in [-0.15, -0.1) is 0 Å². The summed E-state index contributed by atoms with van der Waals surface area (Å²) in [6, 6.07) is 19.4. The first-order chi connectivity index (χ1) is 12.5. The molecule has 0 spiro atoms. The predicted octanol–water partition coefficient (Wildman–Crippen LogP) is 4.89. The maximum absolute atomic E-state index is 11.5. The molecule has 0 radical (unpaired) electrons. The molecule has 3 nitrogen and oxygen atoms in total. The van der Waals surface area contributed by atoms with Gasteiger partial charge in [0.2, 0.25) is 0 Å². The summed E-state index contributed by atoms with van der Waals surface area (Å²) < 4.78 is 0. The van der Waals surface area contributed by atoms with Crippen molar-refractivity contribution in [3.63, 3.8) is 0 Å². The maximum Gasteiger partial charge on any atom is 0.339 e. The standard InChI is InChI=1S/C23H22O3/c1-15-7-3-5-9-17(15)13-19-11-12-20(23(25)26)22(24)21(19)14-18-10-6-4-8-16(18)2/h3-12,24H,13-14H2,1-2H3,(H,25,26). The lowest BCUT2D eigenvalue weighted by Crippen LogP contribution is -2.05. The van der Waals surface area contributed by atoms with Crippen LogP contribution in [0.1, 0.15) is 43.7 Å². The van der Waals surface area contributed by atoms with Crippen molar-refractivity contribution in [2.45, 2.75) is 26.7 Å². The second kappa shape index (κ2) is 7.44. The van der Waals surface area contributed by atoms with E-state index in [2.05, 4.69) is 19.1 Å². The van der Waals surface area contributed by atoms with E-state index in [0.29, 0.717) is 18.4 Å². The fourth-order valence-electron chi connectivity index (χ4n) is 3.23. The van der Waals surface area contributed by atoms with Gasteiger partial charge in [0.25, 0.3) is 0 Å². The van der Waals surface area contributed by atoms with Crippen molar-refractivity contribution in [2.75, 3.05) is 0 Å². The van der Waals surface area contributed by atoms with E-state index in [-0.39, 0.29) is 11.3 Å². The molecule has 0 bridgehead atoms. The fraction of sp³-hybridized carbons (Fsp3) is 0.174. The van der Waals surface area contributed by atoms with Gasteiger partial charge in [-0.2, -0.15) is 0 Å². The van der Waals surface area contributed by atoms with Crippen LogP contribution in [0.5, 0.6) is 5.75 Å². The van der Waals surface area contributed by atoms with Gasteiger partial charge >= 0.3 is 5.97 Å². The highest BCUT2D eigenvalue weighted by Crippen LogP contribution is 2.31. The van der Waals surface area contributed by atoms with Crippen molar-refractivity contribution >= 4 is 5.97 Å². The van der Waals surface area contributed by atoms with Crippen molar-refractivity contribution in [1.29, 1.82) is 0 Å². The zero-order chi connectivity index (χ0) is 18.7. The summed E-state index contributed by atoms with van der Waals surface area (Å²) in [5, 5.41) is 20.0. The summed E-state index contributed by atoms with van der Waals surface area (Å²) in [4.78, 5) is 11.5. The molecule has 0 atom stereocenters. The van der Waals surface area contributed by atoms with Crippen molar-refractivity contribution < 1.29 is 15.0 Å². The van der Waals surface area contributed by atoms with Gasteiger partial charge in [0.15, 0.2) is 0 Å². The molecule has 0 unspecified atom stereocenters. The molecule has 132 valence electrons. The second-order valence-corrected chi connectivity index (χ2v) is 6.61. The van der Waals surface area contributed by atoms with Crippen molar-refractivity contribution in [2.24, 2.45) is 0 Å². The molecular formula is C23H22O3. The topological polar surface area (TPSA) is 57.5 Å². The smallest absolute Gasteiger partial charge is 0.339 e. The number of benzene rings is 3. The van der Waals surface area contributed by atoms with Crippen LogP contribution < -0.4 is 0 Å². The first-order valence-electron chi connectivity index (χ1n) is 8.63. The molecule has 3 heteroatoms. The third-order valence-electron chi connectivity index (χ3n) is 4.88. The van der Waals surface area contributed by atoms with Crippen LogP contribution in [0.4, 0.5) is 0 Å². The monoisotopic (exact) mass is 346 g/mol. The normalized spacial score (nSPS) is 10.7. The molecule has 0 saturated carbocycles. The molecule has 0 heterocycles. The Bertz CT molecular complexity index is 957. The van der Waals surface area contributed by atoms with Crippen LogP contribution in [-0.4, -0.2) is 16.2 Å². The molecule has 26 heavy (non-hydrogen) atoms. The Hall–Kier alpha value is -3.07. The zero-order valence-electron chi connectivity index (χ0n) is 15.0. The molecule has 3 aromatic rings. The number of hydrogen-bond acceptors (Lipinski definition) is 2. The Morgan fingerprint density at radius 2 is 1.31 bits per heavy atom. The van der Waals surface area contributed by atoms with Gasteiger partial charge in [-0.25, -0.2) is 4.79 Å². The van der Waals surface area contributed by atoms with Crippen LogP contribution in [0.2, 0.25) is 0 Å². The molecule has 0 saturated heterocycles. The van der Waals surface area contributed by atoms with E-state index >= 15 is 0 Å².